The Bertz CT molecular complexity index is 484. The Kier molecular flexibility index (Phi) is 2.71. The molecule has 0 bridgehead atoms. The van der Waals surface area contributed by atoms with Crippen molar-refractivity contribution in [2.24, 2.45) is 0 Å². The summed E-state index contributed by atoms with van der Waals surface area (Å²) >= 11 is 6.23. The highest BCUT2D eigenvalue weighted by molar-refractivity contribution is 9.14. The van der Waals surface area contributed by atoms with E-state index in [1.54, 1.807) is 17.4 Å². The van der Waals surface area contributed by atoms with E-state index in [4.69, 9.17) is 0 Å². The highest BCUT2D eigenvalue weighted by Crippen LogP contribution is 2.25. The van der Waals surface area contributed by atoms with Gasteiger partial charge >= 0.3 is 0 Å². The molecule has 2 rings (SSSR count). The quantitative estimate of drug-likeness (QED) is 0.717. The van der Waals surface area contributed by atoms with Crippen molar-refractivity contribution in [2.45, 2.75) is 0 Å². The van der Waals surface area contributed by atoms with Crippen LogP contribution in [0, 0.1) is 0 Å². The smallest absolute Gasteiger partial charge is 0.216 e. The van der Waals surface area contributed by atoms with E-state index in [0.29, 0.717) is 0 Å². The van der Waals surface area contributed by atoms with Gasteiger partial charge in [0.25, 0.3) is 0 Å². The Labute approximate surface area is 92.0 Å². The SMILES string of the molecule is O=C1C=C/C(=c2\cc/c(=C\Br)s2)S1. The van der Waals surface area contributed by atoms with E-state index < -0.39 is 0 Å². The normalized spacial score (nSPS) is 21.6. The lowest BCUT2D eigenvalue weighted by atomic mass is 10.4. The van der Waals surface area contributed by atoms with Crippen molar-refractivity contribution >= 4 is 54.0 Å². The Morgan fingerprint density at radius 3 is 2.69 bits per heavy atom. The van der Waals surface area contributed by atoms with Crippen molar-refractivity contribution in [2.75, 3.05) is 0 Å². The van der Waals surface area contributed by atoms with E-state index >= 15 is 0 Å². The Hall–Kier alpha value is -0.320. The Morgan fingerprint density at radius 2 is 2.15 bits per heavy atom. The highest BCUT2D eigenvalue weighted by Gasteiger charge is 2.09. The zero-order chi connectivity index (χ0) is 9.26. The number of hydrogen-bond acceptors (Lipinski definition) is 3. The largest absolute Gasteiger partial charge is 0.282 e. The number of hydrogen-bond donors (Lipinski definition) is 0. The molecule has 1 aliphatic heterocycles. The zero-order valence-electron chi connectivity index (χ0n) is 6.49. The minimum absolute atomic E-state index is 0.118. The van der Waals surface area contributed by atoms with Crippen molar-refractivity contribution in [1.82, 2.24) is 0 Å². The summed E-state index contributed by atoms with van der Waals surface area (Å²) in [5.41, 5.74) is 0. The molecule has 2 heterocycles. The summed E-state index contributed by atoms with van der Waals surface area (Å²) in [5, 5.41) is 0.118. The van der Waals surface area contributed by atoms with Gasteiger partial charge in [-0.15, -0.1) is 11.3 Å². The molecule has 0 aliphatic carbocycles. The second-order valence-electron chi connectivity index (χ2n) is 2.43. The summed E-state index contributed by atoms with van der Waals surface area (Å²) in [5.74, 6) is 0. The number of carbonyl (C=O) groups excluding carboxylic acids is 1. The number of halogens is 1. The number of rotatable bonds is 0. The fourth-order valence-corrected chi connectivity index (χ4v) is 3.08. The maximum Gasteiger partial charge on any atom is 0.216 e. The molecule has 0 fully saturated rings. The summed E-state index contributed by atoms with van der Waals surface area (Å²) in [6.45, 7) is 0. The topological polar surface area (TPSA) is 17.1 Å². The molecule has 66 valence electrons. The van der Waals surface area contributed by atoms with Crippen LogP contribution in [-0.4, -0.2) is 5.12 Å². The maximum absolute atomic E-state index is 10.9. The molecule has 0 aromatic carbocycles. The van der Waals surface area contributed by atoms with Gasteiger partial charge < -0.3 is 0 Å². The molecule has 0 saturated carbocycles. The average molecular weight is 273 g/mol. The summed E-state index contributed by atoms with van der Waals surface area (Å²) in [6, 6.07) is 4.06. The first-order chi connectivity index (χ1) is 6.29. The van der Waals surface area contributed by atoms with Gasteiger partial charge in [0.05, 0.1) is 0 Å². The van der Waals surface area contributed by atoms with E-state index in [1.807, 2.05) is 23.2 Å². The van der Waals surface area contributed by atoms with Crippen molar-refractivity contribution < 1.29 is 4.79 Å². The van der Waals surface area contributed by atoms with Crippen molar-refractivity contribution in [1.29, 1.82) is 0 Å². The first-order valence-corrected chi connectivity index (χ1v) is 6.15. The molecule has 1 nitrogen and oxygen atoms in total. The molecule has 4 heteroatoms. The fraction of sp³-hybridized carbons (Fsp3) is 0. The summed E-state index contributed by atoms with van der Waals surface area (Å²) < 4.78 is 2.31. The van der Waals surface area contributed by atoms with Crippen molar-refractivity contribution in [3.8, 4) is 0 Å². The zero-order valence-corrected chi connectivity index (χ0v) is 9.71. The molecule has 13 heavy (non-hydrogen) atoms. The number of thioether (sulfide) groups is 1. The molecular formula is C9H5BrOS2. The molecular weight excluding hydrogens is 268 g/mol. The van der Waals surface area contributed by atoms with Gasteiger partial charge in [-0.3, -0.25) is 4.79 Å². The molecule has 0 radical (unpaired) electrons. The van der Waals surface area contributed by atoms with Crippen LogP contribution in [-0.2, 0) is 4.79 Å². The standard InChI is InChI=1S/C9H5BrOS2/c10-5-6-1-2-7(12-6)8-3-4-9(11)13-8/h1-5H/b6-5+,8-7-. The minimum Gasteiger partial charge on any atom is -0.282 e. The third kappa shape index (κ3) is 1.95. The van der Waals surface area contributed by atoms with Crippen molar-refractivity contribution in [3.63, 3.8) is 0 Å². The molecule has 0 spiro atoms. The first kappa shape index (κ1) is 9.24. The van der Waals surface area contributed by atoms with Crippen LogP contribution in [0.5, 0.6) is 0 Å². The third-order valence-electron chi connectivity index (χ3n) is 1.56. The Morgan fingerprint density at radius 1 is 1.31 bits per heavy atom. The van der Waals surface area contributed by atoms with Gasteiger partial charge in [0.2, 0.25) is 5.12 Å². The molecule has 0 atom stereocenters. The van der Waals surface area contributed by atoms with E-state index in [1.165, 1.54) is 11.8 Å². The second-order valence-corrected chi connectivity index (χ2v) is 5.05. The average Bonchev–Trinajstić information content (AvgIpc) is 2.71. The lowest BCUT2D eigenvalue weighted by Crippen LogP contribution is -1.94. The number of carbonyl (C=O) groups is 1. The van der Waals surface area contributed by atoms with E-state index in [0.717, 1.165) is 14.0 Å². The van der Waals surface area contributed by atoms with Gasteiger partial charge in [-0.1, -0.05) is 15.9 Å². The third-order valence-corrected chi connectivity index (χ3v) is 4.46. The molecule has 0 saturated heterocycles. The summed E-state index contributed by atoms with van der Waals surface area (Å²) in [6.07, 6.45) is 3.48. The van der Waals surface area contributed by atoms with Crippen LogP contribution in [0.25, 0.3) is 9.89 Å². The highest BCUT2D eigenvalue weighted by atomic mass is 79.9. The second kappa shape index (κ2) is 3.82. The maximum atomic E-state index is 10.9. The van der Waals surface area contributed by atoms with Crippen LogP contribution in [0.3, 0.4) is 0 Å². The lowest BCUT2D eigenvalue weighted by Gasteiger charge is -1.85. The first-order valence-electron chi connectivity index (χ1n) is 3.60. The van der Waals surface area contributed by atoms with Gasteiger partial charge in [-0.25, -0.2) is 0 Å². The van der Waals surface area contributed by atoms with Crippen LogP contribution in [0.15, 0.2) is 24.3 Å². The predicted molar refractivity (Wildman–Crippen MR) is 62.1 cm³/mol. The lowest BCUT2D eigenvalue weighted by molar-refractivity contribution is -0.106. The van der Waals surface area contributed by atoms with Crippen LogP contribution < -0.4 is 9.06 Å². The molecule has 1 aromatic rings. The minimum atomic E-state index is 0.118. The van der Waals surface area contributed by atoms with E-state index in [9.17, 15) is 4.79 Å². The van der Waals surface area contributed by atoms with Gasteiger partial charge in [-0.05, 0) is 41.0 Å². The van der Waals surface area contributed by atoms with Crippen molar-refractivity contribution in [3.05, 3.63) is 33.3 Å². The molecule has 0 N–H and O–H groups in total. The fourth-order valence-electron chi connectivity index (χ4n) is 0.996. The van der Waals surface area contributed by atoms with Gasteiger partial charge in [0, 0.05) is 14.0 Å². The van der Waals surface area contributed by atoms with Crippen LogP contribution in [0.2, 0.25) is 0 Å². The Balaban J connectivity index is 2.57. The monoisotopic (exact) mass is 272 g/mol. The number of thiophene rings is 1. The summed E-state index contributed by atoms with van der Waals surface area (Å²) in [4.78, 5) is 13.9. The predicted octanol–water partition coefficient (Wildman–Crippen LogP) is 1.82. The molecule has 0 amide bonds. The van der Waals surface area contributed by atoms with Crippen LogP contribution >= 0.6 is 39.0 Å². The van der Waals surface area contributed by atoms with Gasteiger partial charge in [0.1, 0.15) is 0 Å². The van der Waals surface area contributed by atoms with Gasteiger partial charge in [-0.2, -0.15) is 0 Å². The van der Waals surface area contributed by atoms with Crippen LogP contribution in [0.1, 0.15) is 0 Å². The van der Waals surface area contributed by atoms with Gasteiger partial charge in [0.15, 0.2) is 0 Å². The molecule has 1 aromatic heterocycles. The van der Waals surface area contributed by atoms with Crippen LogP contribution in [0.4, 0.5) is 0 Å². The van der Waals surface area contributed by atoms with E-state index in [-0.39, 0.29) is 5.12 Å². The van der Waals surface area contributed by atoms with E-state index in [2.05, 4.69) is 15.9 Å². The molecule has 1 aliphatic rings. The summed E-state index contributed by atoms with van der Waals surface area (Å²) in [7, 11) is 0. The molecule has 0 unspecified atom stereocenters.